The number of amides is 2. The average molecular weight is 373 g/mol. The lowest BCUT2D eigenvalue weighted by Gasteiger charge is -2.26. The summed E-state index contributed by atoms with van der Waals surface area (Å²) in [5.41, 5.74) is 2.66. The Morgan fingerprint density at radius 2 is 2.00 bits per heavy atom. The zero-order valence-electron chi connectivity index (χ0n) is 12.8. The topological polar surface area (TPSA) is 49.4 Å². The first-order valence-electron chi connectivity index (χ1n) is 7.45. The van der Waals surface area contributed by atoms with Crippen LogP contribution in [0.15, 0.2) is 53.0 Å². The lowest BCUT2D eigenvalue weighted by molar-refractivity contribution is -0.125. The molecule has 118 valence electrons. The molecule has 0 fully saturated rings. The Morgan fingerprint density at radius 1 is 1.26 bits per heavy atom. The van der Waals surface area contributed by atoms with Gasteiger partial charge in [-0.05, 0) is 23.3 Å². The number of nitrogens with zero attached hydrogens (tertiary/aromatic N) is 1. The highest BCUT2D eigenvalue weighted by Gasteiger charge is 2.36. The monoisotopic (exact) mass is 372 g/mol. The Morgan fingerprint density at radius 3 is 2.70 bits per heavy atom. The molecular weight excluding hydrogens is 356 g/mol. The molecule has 3 rings (SSSR count). The van der Waals surface area contributed by atoms with Crippen LogP contribution in [0.5, 0.6) is 0 Å². The molecule has 1 atom stereocenters. The molecule has 1 heterocycles. The second-order valence-corrected chi connectivity index (χ2v) is 6.47. The van der Waals surface area contributed by atoms with Crippen molar-refractivity contribution in [1.29, 1.82) is 0 Å². The van der Waals surface area contributed by atoms with Crippen molar-refractivity contribution in [2.24, 2.45) is 0 Å². The lowest BCUT2D eigenvalue weighted by atomic mass is 10.0. The van der Waals surface area contributed by atoms with Crippen molar-refractivity contribution in [3.05, 3.63) is 69.7 Å². The van der Waals surface area contributed by atoms with Crippen LogP contribution in [0, 0.1) is 0 Å². The fraction of sp³-hybridized carbons (Fsp3) is 0.222. The number of hydrogen-bond acceptors (Lipinski definition) is 2. The quantitative estimate of drug-likeness (QED) is 0.896. The van der Waals surface area contributed by atoms with E-state index >= 15 is 0 Å². The summed E-state index contributed by atoms with van der Waals surface area (Å²) >= 11 is 3.40. The van der Waals surface area contributed by atoms with Crippen molar-refractivity contribution in [3.8, 4) is 0 Å². The van der Waals surface area contributed by atoms with Gasteiger partial charge in [-0.1, -0.05) is 52.3 Å². The van der Waals surface area contributed by atoms with E-state index in [9.17, 15) is 9.59 Å². The molecule has 2 aromatic carbocycles. The Hall–Kier alpha value is -2.14. The normalized spacial score (nSPS) is 14.5. The summed E-state index contributed by atoms with van der Waals surface area (Å²) in [6, 6.07) is 14.9. The predicted octanol–water partition coefficient (Wildman–Crippen LogP) is 2.76. The third-order valence-corrected chi connectivity index (χ3v) is 4.59. The Balaban J connectivity index is 1.90. The fourth-order valence-electron chi connectivity index (χ4n) is 2.90. The maximum absolute atomic E-state index is 12.7. The minimum absolute atomic E-state index is 0.0918. The third-order valence-electron chi connectivity index (χ3n) is 4.10. The highest BCUT2D eigenvalue weighted by atomic mass is 79.9. The van der Waals surface area contributed by atoms with Crippen LogP contribution in [0.3, 0.4) is 0 Å². The van der Waals surface area contributed by atoms with Crippen molar-refractivity contribution < 1.29 is 9.59 Å². The van der Waals surface area contributed by atoms with Crippen LogP contribution in [-0.4, -0.2) is 29.8 Å². The number of likely N-dealkylation sites (N-methyl/N-ethyl adjacent to an activating group) is 1. The number of nitrogens with one attached hydrogen (secondary N) is 1. The maximum atomic E-state index is 12.7. The Labute approximate surface area is 143 Å². The van der Waals surface area contributed by atoms with Gasteiger partial charge in [0.2, 0.25) is 5.91 Å². The third kappa shape index (κ3) is 3.15. The second kappa shape index (κ2) is 6.54. The molecule has 0 saturated carbocycles. The van der Waals surface area contributed by atoms with Gasteiger partial charge >= 0.3 is 0 Å². The Kier molecular flexibility index (Phi) is 4.48. The number of carbonyl (C=O) groups excluding carboxylic acids is 2. The largest absolute Gasteiger partial charge is 0.357 e. The van der Waals surface area contributed by atoms with Crippen LogP contribution in [0.25, 0.3) is 0 Å². The highest BCUT2D eigenvalue weighted by Crippen LogP contribution is 2.28. The lowest BCUT2D eigenvalue weighted by Crippen LogP contribution is -2.47. The van der Waals surface area contributed by atoms with Gasteiger partial charge in [0, 0.05) is 30.0 Å². The van der Waals surface area contributed by atoms with Gasteiger partial charge in [-0.2, -0.15) is 0 Å². The number of benzene rings is 2. The summed E-state index contributed by atoms with van der Waals surface area (Å²) in [7, 11) is 1.60. The molecule has 0 radical (unpaired) electrons. The van der Waals surface area contributed by atoms with Gasteiger partial charge in [0.25, 0.3) is 5.91 Å². The van der Waals surface area contributed by atoms with E-state index in [1.54, 1.807) is 11.9 Å². The van der Waals surface area contributed by atoms with Crippen LogP contribution in [0.2, 0.25) is 0 Å². The zero-order valence-corrected chi connectivity index (χ0v) is 14.3. The summed E-state index contributed by atoms with van der Waals surface area (Å²) in [5.74, 6) is -0.236. The zero-order chi connectivity index (χ0) is 16.4. The van der Waals surface area contributed by atoms with Crippen LogP contribution in [0.4, 0.5) is 0 Å². The summed E-state index contributed by atoms with van der Waals surface area (Å²) in [5, 5.41) is 2.68. The molecule has 0 bridgehead atoms. The molecule has 0 aromatic heterocycles. The summed E-state index contributed by atoms with van der Waals surface area (Å²) in [6.07, 6.45) is 0.501. The first-order chi connectivity index (χ1) is 11.1. The summed E-state index contributed by atoms with van der Waals surface area (Å²) < 4.78 is 0.867. The van der Waals surface area contributed by atoms with Gasteiger partial charge in [-0.15, -0.1) is 0 Å². The van der Waals surface area contributed by atoms with Gasteiger partial charge in [-0.3, -0.25) is 9.59 Å². The minimum atomic E-state index is -0.513. The minimum Gasteiger partial charge on any atom is -0.357 e. The summed E-state index contributed by atoms with van der Waals surface area (Å²) in [4.78, 5) is 26.7. The van der Waals surface area contributed by atoms with E-state index in [0.29, 0.717) is 18.5 Å². The van der Waals surface area contributed by atoms with Crippen LogP contribution in [0.1, 0.15) is 21.5 Å². The number of rotatable bonds is 4. The van der Waals surface area contributed by atoms with E-state index in [4.69, 9.17) is 0 Å². The van der Waals surface area contributed by atoms with Gasteiger partial charge in [0.15, 0.2) is 0 Å². The molecular formula is C18H17BrN2O2. The Bertz CT molecular complexity index is 746. The van der Waals surface area contributed by atoms with E-state index in [0.717, 1.165) is 15.6 Å². The summed E-state index contributed by atoms with van der Waals surface area (Å²) in [6.45, 7) is 0.465. The van der Waals surface area contributed by atoms with Crippen molar-refractivity contribution in [2.45, 2.75) is 19.0 Å². The molecule has 0 spiro atoms. The van der Waals surface area contributed by atoms with E-state index in [1.807, 2.05) is 48.5 Å². The van der Waals surface area contributed by atoms with E-state index in [2.05, 4.69) is 21.2 Å². The first kappa shape index (κ1) is 15.7. The van der Waals surface area contributed by atoms with Gasteiger partial charge in [0.05, 0.1) is 0 Å². The molecule has 1 aliphatic rings. The number of halogens is 1. The smallest absolute Gasteiger partial charge is 0.255 e. The predicted molar refractivity (Wildman–Crippen MR) is 92.0 cm³/mol. The highest BCUT2D eigenvalue weighted by molar-refractivity contribution is 9.10. The molecule has 0 saturated heterocycles. The number of carbonyl (C=O) groups is 2. The van der Waals surface area contributed by atoms with E-state index in [-0.39, 0.29) is 11.8 Å². The van der Waals surface area contributed by atoms with Crippen LogP contribution in [-0.2, 0) is 17.8 Å². The van der Waals surface area contributed by atoms with Crippen molar-refractivity contribution in [3.63, 3.8) is 0 Å². The fourth-order valence-corrected chi connectivity index (χ4v) is 3.26. The van der Waals surface area contributed by atoms with Crippen molar-refractivity contribution in [2.75, 3.05) is 7.05 Å². The van der Waals surface area contributed by atoms with Crippen molar-refractivity contribution in [1.82, 2.24) is 10.2 Å². The van der Waals surface area contributed by atoms with E-state index < -0.39 is 6.04 Å². The maximum Gasteiger partial charge on any atom is 0.255 e. The number of fused-ring (bicyclic) bond motifs is 1. The van der Waals surface area contributed by atoms with Crippen LogP contribution >= 0.6 is 15.9 Å². The molecule has 23 heavy (non-hydrogen) atoms. The SMILES string of the molecule is CNC(=O)C(Cc1ccccc1)N1Cc2ccc(Br)cc2C1=O. The average Bonchev–Trinajstić information content (AvgIpc) is 2.89. The van der Waals surface area contributed by atoms with Crippen molar-refractivity contribution >= 4 is 27.7 Å². The molecule has 1 aliphatic heterocycles. The van der Waals surface area contributed by atoms with E-state index in [1.165, 1.54) is 0 Å². The number of hydrogen-bond donors (Lipinski definition) is 1. The van der Waals surface area contributed by atoms with Gasteiger partial charge in [-0.25, -0.2) is 0 Å². The van der Waals surface area contributed by atoms with Crippen LogP contribution < -0.4 is 5.32 Å². The first-order valence-corrected chi connectivity index (χ1v) is 8.24. The molecule has 1 N–H and O–H groups in total. The molecule has 0 aliphatic carbocycles. The molecule has 1 unspecified atom stereocenters. The molecule has 2 aromatic rings. The second-order valence-electron chi connectivity index (χ2n) is 5.55. The standard InChI is InChI=1S/C18H17BrN2O2/c1-20-17(22)16(9-12-5-3-2-4-6-12)21-11-13-7-8-14(19)10-15(13)18(21)23/h2-8,10,16H,9,11H2,1H3,(H,20,22). The van der Waals surface area contributed by atoms with Gasteiger partial charge < -0.3 is 10.2 Å². The molecule has 5 heteroatoms. The molecule has 2 amide bonds. The van der Waals surface area contributed by atoms with Gasteiger partial charge in [0.1, 0.15) is 6.04 Å². The molecule has 4 nitrogen and oxygen atoms in total.